The van der Waals surface area contributed by atoms with E-state index in [9.17, 15) is 19.7 Å². The van der Waals surface area contributed by atoms with Crippen LogP contribution in [0.5, 0.6) is 5.75 Å². The third-order valence-corrected chi connectivity index (χ3v) is 4.19. The number of aliphatic hydroxyl groups excluding tert-OH is 1. The van der Waals surface area contributed by atoms with Gasteiger partial charge in [0, 0.05) is 31.3 Å². The lowest BCUT2D eigenvalue weighted by Crippen LogP contribution is -2.48. The molecule has 1 unspecified atom stereocenters. The number of nitrogens with one attached hydrogen (secondary N) is 1. The van der Waals surface area contributed by atoms with Crippen LogP contribution < -0.4 is 10.1 Å². The smallest absolute Gasteiger partial charge is 0.314 e. The van der Waals surface area contributed by atoms with Crippen molar-refractivity contribution in [3.8, 4) is 5.75 Å². The Morgan fingerprint density at radius 2 is 2.20 bits per heavy atom. The molecule has 1 fully saturated rings. The highest BCUT2D eigenvalue weighted by Crippen LogP contribution is 2.29. The minimum Gasteiger partial charge on any atom is -0.495 e. The molecule has 2 rings (SSSR count). The van der Waals surface area contributed by atoms with Gasteiger partial charge in [-0.2, -0.15) is 0 Å². The lowest BCUT2D eigenvalue weighted by molar-refractivity contribution is -0.384. The SMILES string of the molecule is COc1ccc([N+](=O)[O-])cc1NC(=O)C(=O)N1CCCCC1CCO. The molecule has 2 amide bonds. The van der Waals surface area contributed by atoms with Gasteiger partial charge in [0.2, 0.25) is 0 Å². The van der Waals surface area contributed by atoms with Gasteiger partial charge < -0.3 is 20.1 Å². The van der Waals surface area contributed by atoms with E-state index in [0.717, 1.165) is 25.3 Å². The normalized spacial score (nSPS) is 17.0. The number of nitro benzene ring substituents is 1. The molecule has 1 aliphatic rings. The molecule has 0 aromatic heterocycles. The van der Waals surface area contributed by atoms with Gasteiger partial charge in [0.1, 0.15) is 5.75 Å². The van der Waals surface area contributed by atoms with Crippen LogP contribution in [0, 0.1) is 10.1 Å². The number of non-ortho nitro benzene ring substituents is 1. The van der Waals surface area contributed by atoms with Gasteiger partial charge in [-0.1, -0.05) is 0 Å². The molecule has 0 radical (unpaired) electrons. The quantitative estimate of drug-likeness (QED) is 0.468. The Bertz CT molecular complexity index is 661. The fraction of sp³-hybridized carbons (Fsp3) is 0.500. The molecule has 1 aliphatic heterocycles. The summed E-state index contributed by atoms with van der Waals surface area (Å²) in [5.41, 5.74) is -0.162. The first-order valence-electron chi connectivity index (χ1n) is 8.03. The molecule has 9 nitrogen and oxygen atoms in total. The highest BCUT2D eigenvalue weighted by atomic mass is 16.6. The molecule has 1 heterocycles. The fourth-order valence-electron chi connectivity index (χ4n) is 2.93. The van der Waals surface area contributed by atoms with Gasteiger partial charge in [0.25, 0.3) is 5.69 Å². The van der Waals surface area contributed by atoms with Gasteiger partial charge >= 0.3 is 11.8 Å². The van der Waals surface area contributed by atoms with Crippen LogP contribution >= 0.6 is 0 Å². The average Bonchev–Trinajstić information content (AvgIpc) is 2.61. The van der Waals surface area contributed by atoms with E-state index in [0.29, 0.717) is 13.0 Å². The van der Waals surface area contributed by atoms with Gasteiger partial charge in [0.15, 0.2) is 0 Å². The summed E-state index contributed by atoms with van der Waals surface area (Å²) in [4.78, 5) is 36.5. The van der Waals surface area contributed by atoms with Crippen LogP contribution in [0.1, 0.15) is 25.7 Å². The lowest BCUT2D eigenvalue weighted by Gasteiger charge is -2.35. The van der Waals surface area contributed by atoms with Crippen molar-refractivity contribution in [1.29, 1.82) is 0 Å². The largest absolute Gasteiger partial charge is 0.495 e. The van der Waals surface area contributed by atoms with Gasteiger partial charge in [-0.15, -0.1) is 0 Å². The number of benzene rings is 1. The van der Waals surface area contributed by atoms with Crippen LogP contribution in [-0.4, -0.2) is 53.0 Å². The molecule has 1 aromatic rings. The number of rotatable bonds is 5. The molecule has 136 valence electrons. The molecular formula is C16H21N3O6. The Labute approximate surface area is 144 Å². The fourth-order valence-corrected chi connectivity index (χ4v) is 2.93. The Morgan fingerprint density at radius 3 is 2.84 bits per heavy atom. The van der Waals surface area contributed by atoms with E-state index in [1.54, 1.807) is 0 Å². The number of likely N-dealkylation sites (tertiary alicyclic amines) is 1. The summed E-state index contributed by atoms with van der Waals surface area (Å²) in [6.07, 6.45) is 2.88. The van der Waals surface area contributed by atoms with E-state index in [1.807, 2.05) is 0 Å². The second kappa shape index (κ2) is 8.43. The first kappa shape index (κ1) is 18.7. The molecule has 0 saturated carbocycles. The van der Waals surface area contributed by atoms with E-state index in [1.165, 1.54) is 24.1 Å². The first-order valence-corrected chi connectivity index (χ1v) is 8.03. The number of aliphatic hydroxyl groups is 1. The molecule has 0 spiro atoms. The topological polar surface area (TPSA) is 122 Å². The maximum atomic E-state index is 12.5. The molecule has 1 saturated heterocycles. The number of anilines is 1. The van der Waals surface area contributed by atoms with Crippen molar-refractivity contribution < 1.29 is 24.4 Å². The monoisotopic (exact) mass is 351 g/mol. The molecule has 1 aromatic carbocycles. The molecule has 1 atom stereocenters. The van der Waals surface area contributed by atoms with Crippen LogP contribution in [0.25, 0.3) is 0 Å². The zero-order valence-corrected chi connectivity index (χ0v) is 13.9. The number of nitrogens with zero attached hydrogens (tertiary/aromatic N) is 2. The summed E-state index contributed by atoms with van der Waals surface area (Å²) in [7, 11) is 1.36. The summed E-state index contributed by atoms with van der Waals surface area (Å²) in [6, 6.07) is 3.57. The third kappa shape index (κ3) is 4.44. The highest BCUT2D eigenvalue weighted by molar-refractivity contribution is 6.39. The number of carbonyl (C=O) groups is 2. The Kier molecular flexibility index (Phi) is 6.29. The van der Waals surface area contributed by atoms with Crippen molar-refractivity contribution in [3.05, 3.63) is 28.3 Å². The molecule has 0 bridgehead atoms. The van der Waals surface area contributed by atoms with Crippen LogP contribution in [0.4, 0.5) is 11.4 Å². The van der Waals surface area contributed by atoms with Crippen LogP contribution in [0.3, 0.4) is 0 Å². The van der Waals surface area contributed by atoms with Crippen molar-refractivity contribution in [2.45, 2.75) is 31.7 Å². The zero-order chi connectivity index (χ0) is 18.4. The van der Waals surface area contributed by atoms with Crippen molar-refractivity contribution in [3.63, 3.8) is 0 Å². The van der Waals surface area contributed by atoms with Gasteiger partial charge in [-0.25, -0.2) is 0 Å². The third-order valence-electron chi connectivity index (χ3n) is 4.19. The maximum Gasteiger partial charge on any atom is 0.314 e. The molecule has 0 aliphatic carbocycles. The van der Waals surface area contributed by atoms with E-state index in [-0.39, 0.29) is 29.8 Å². The Hall–Kier alpha value is -2.68. The summed E-state index contributed by atoms with van der Waals surface area (Å²) in [5.74, 6) is -1.38. The molecule has 2 N–H and O–H groups in total. The van der Waals surface area contributed by atoms with Crippen LogP contribution in [-0.2, 0) is 9.59 Å². The number of hydrogen-bond acceptors (Lipinski definition) is 6. The summed E-state index contributed by atoms with van der Waals surface area (Å²) >= 11 is 0. The number of carbonyl (C=O) groups excluding carboxylic acids is 2. The number of ether oxygens (including phenoxy) is 1. The first-order chi connectivity index (χ1) is 12.0. The van der Waals surface area contributed by atoms with Gasteiger partial charge in [-0.05, 0) is 31.7 Å². The van der Waals surface area contributed by atoms with Crippen LogP contribution in [0.2, 0.25) is 0 Å². The molecular weight excluding hydrogens is 330 g/mol. The number of hydrogen-bond donors (Lipinski definition) is 2. The minimum absolute atomic E-state index is 0.0607. The van der Waals surface area contributed by atoms with E-state index in [4.69, 9.17) is 9.84 Å². The van der Waals surface area contributed by atoms with Crippen molar-refractivity contribution >= 4 is 23.2 Å². The standard InChI is InChI=1S/C16H21N3O6/c1-25-14-6-5-12(19(23)24)10-13(14)17-15(21)16(22)18-8-3-2-4-11(18)7-9-20/h5-6,10-11,20H,2-4,7-9H2,1H3,(H,17,21). The van der Waals surface area contributed by atoms with Crippen LogP contribution in [0.15, 0.2) is 18.2 Å². The second-order valence-corrected chi connectivity index (χ2v) is 5.76. The maximum absolute atomic E-state index is 12.5. The predicted molar refractivity (Wildman–Crippen MR) is 89.3 cm³/mol. The number of nitro groups is 1. The number of piperidine rings is 1. The number of methoxy groups -OCH3 is 1. The Balaban J connectivity index is 2.16. The highest BCUT2D eigenvalue weighted by Gasteiger charge is 2.31. The van der Waals surface area contributed by atoms with E-state index < -0.39 is 16.7 Å². The van der Waals surface area contributed by atoms with Crippen molar-refractivity contribution in [2.75, 3.05) is 25.6 Å². The van der Waals surface area contributed by atoms with Gasteiger partial charge in [0.05, 0.1) is 17.7 Å². The summed E-state index contributed by atoms with van der Waals surface area (Å²) in [5, 5.41) is 22.4. The number of amides is 2. The average molecular weight is 351 g/mol. The zero-order valence-electron chi connectivity index (χ0n) is 13.9. The summed E-state index contributed by atoms with van der Waals surface area (Å²) < 4.78 is 5.07. The predicted octanol–water partition coefficient (Wildman–Crippen LogP) is 1.31. The molecule has 25 heavy (non-hydrogen) atoms. The van der Waals surface area contributed by atoms with Crippen molar-refractivity contribution in [1.82, 2.24) is 4.90 Å². The van der Waals surface area contributed by atoms with E-state index in [2.05, 4.69) is 5.32 Å². The van der Waals surface area contributed by atoms with E-state index >= 15 is 0 Å². The summed E-state index contributed by atoms with van der Waals surface area (Å²) in [6.45, 7) is 0.387. The van der Waals surface area contributed by atoms with Gasteiger partial charge in [-0.3, -0.25) is 19.7 Å². The Morgan fingerprint density at radius 1 is 1.44 bits per heavy atom. The molecule has 9 heteroatoms. The lowest BCUT2D eigenvalue weighted by atomic mass is 9.99. The van der Waals surface area contributed by atoms with Crippen molar-refractivity contribution in [2.24, 2.45) is 0 Å². The second-order valence-electron chi connectivity index (χ2n) is 5.76. The minimum atomic E-state index is -0.886.